The van der Waals surface area contributed by atoms with Crippen LogP contribution >= 0.6 is 0 Å². The maximum Gasteiger partial charge on any atom is 0.0308 e. The molecule has 0 bridgehead atoms. The van der Waals surface area contributed by atoms with Crippen molar-refractivity contribution in [1.82, 2.24) is 10.0 Å². The topological polar surface area (TPSA) is 6.48 Å². The molecule has 0 spiro atoms. The Morgan fingerprint density at radius 3 is 2.25 bits per heavy atom. The van der Waals surface area contributed by atoms with Crippen LogP contribution in [0.5, 0.6) is 0 Å². The maximum atomic E-state index is 3.71. The summed E-state index contributed by atoms with van der Waals surface area (Å²) in [5.41, 5.74) is 0. The molecule has 2 heteroatoms. The second-order valence-electron chi connectivity index (χ2n) is 3.69. The molecule has 0 atom stereocenters. The molecule has 0 saturated carbocycles. The summed E-state index contributed by atoms with van der Waals surface area (Å²) in [5.74, 6) is 0.782. The highest BCUT2D eigenvalue weighted by Gasteiger charge is 2.03. The monoisotopic (exact) mass is 170 g/mol. The van der Waals surface area contributed by atoms with Crippen molar-refractivity contribution in [1.29, 1.82) is 0 Å². The first-order valence-electron chi connectivity index (χ1n) is 4.61. The smallest absolute Gasteiger partial charge is 0.0308 e. The largest absolute Gasteiger partial charge is 0.245 e. The molecular weight excluding hydrogens is 148 g/mol. The van der Waals surface area contributed by atoms with E-state index in [1.54, 1.807) is 0 Å². The van der Waals surface area contributed by atoms with Crippen molar-refractivity contribution in [3.63, 3.8) is 0 Å². The van der Waals surface area contributed by atoms with Gasteiger partial charge in [-0.15, -0.1) is 6.58 Å². The van der Waals surface area contributed by atoms with Gasteiger partial charge in [0.25, 0.3) is 0 Å². The fourth-order valence-electron chi connectivity index (χ4n) is 0.942. The number of hydrogen-bond donors (Lipinski definition) is 0. The summed E-state index contributed by atoms with van der Waals surface area (Å²) in [4.78, 5) is 0. The minimum Gasteiger partial charge on any atom is -0.245 e. The average molecular weight is 170 g/mol. The lowest BCUT2D eigenvalue weighted by Crippen LogP contribution is -2.37. The standard InChI is InChI=1S/C10H22N2/c1-6-8-11(4)12(5)9-7-10(2)3/h6,10H,1,7-9H2,2-5H3. The fraction of sp³-hybridized carbons (Fsp3) is 0.800. The average Bonchev–Trinajstić information content (AvgIpc) is 2.00. The molecule has 0 heterocycles. The molecule has 0 aromatic rings. The lowest BCUT2D eigenvalue weighted by Gasteiger charge is -2.27. The van der Waals surface area contributed by atoms with E-state index in [4.69, 9.17) is 0 Å². The minimum absolute atomic E-state index is 0.782. The number of hydrazine groups is 1. The highest BCUT2D eigenvalue weighted by molar-refractivity contribution is 4.69. The van der Waals surface area contributed by atoms with Crippen LogP contribution in [0.1, 0.15) is 20.3 Å². The Labute approximate surface area is 76.8 Å². The van der Waals surface area contributed by atoms with Gasteiger partial charge in [-0.25, -0.2) is 10.0 Å². The Kier molecular flexibility index (Phi) is 6.03. The first-order valence-corrected chi connectivity index (χ1v) is 4.61. The maximum absolute atomic E-state index is 3.71. The lowest BCUT2D eigenvalue weighted by atomic mass is 10.1. The third kappa shape index (κ3) is 5.33. The molecule has 0 aliphatic rings. The van der Waals surface area contributed by atoms with E-state index in [0.29, 0.717) is 0 Å². The summed E-state index contributed by atoms with van der Waals surface area (Å²) < 4.78 is 0. The molecule has 0 radical (unpaired) electrons. The normalized spacial score (nSPS) is 11.6. The predicted octanol–water partition coefficient (Wildman–Crippen LogP) is 2.00. The summed E-state index contributed by atoms with van der Waals surface area (Å²) in [6.07, 6.45) is 3.17. The zero-order valence-electron chi connectivity index (χ0n) is 8.88. The van der Waals surface area contributed by atoms with Crippen LogP contribution in [0, 0.1) is 5.92 Å². The number of rotatable bonds is 6. The van der Waals surface area contributed by atoms with Gasteiger partial charge in [0.1, 0.15) is 0 Å². The van der Waals surface area contributed by atoms with Gasteiger partial charge in [-0.2, -0.15) is 0 Å². The van der Waals surface area contributed by atoms with Crippen LogP contribution in [0.3, 0.4) is 0 Å². The Balaban J connectivity index is 3.55. The molecule has 2 nitrogen and oxygen atoms in total. The van der Waals surface area contributed by atoms with Crippen molar-refractivity contribution < 1.29 is 0 Å². The van der Waals surface area contributed by atoms with Crippen molar-refractivity contribution in [2.45, 2.75) is 20.3 Å². The molecule has 0 aromatic heterocycles. The Hall–Kier alpha value is -0.340. The molecule has 0 unspecified atom stereocenters. The van der Waals surface area contributed by atoms with Crippen LogP contribution in [-0.2, 0) is 0 Å². The zero-order chi connectivity index (χ0) is 9.56. The molecule has 0 N–H and O–H groups in total. The minimum atomic E-state index is 0.782. The molecule has 0 amide bonds. The van der Waals surface area contributed by atoms with Gasteiger partial charge in [0.05, 0.1) is 0 Å². The van der Waals surface area contributed by atoms with Crippen LogP contribution in [0.25, 0.3) is 0 Å². The molecule has 0 aliphatic heterocycles. The van der Waals surface area contributed by atoms with Crippen LogP contribution in [0.2, 0.25) is 0 Å². The summed E-state index contributed by atoms with van der Waals surface area (Å²) in [6, 6.07) is 0. The van der Waals surface area contributed by atoms with Gasteiger partial charge in [-0.1, -0.05) is 19.9 Å². The second-order valence-corrected chi connectivity index (χ2v) is 3.69. The van der Waals surface area contributed by atoms with Gasteiger partial charge in [0.15, 0.2) is 0 Å². The van der Waals surface area contributed by atoms with Gasteiger partial charge in [-0.05, 0) is 12.3 Å². The van der Waals surface area contributed by atoms with E-state index < -0.39 is 0 Å². The van der Waals surface area contributed by atoms with Crippen LogP contribution in [-0.4, -0.2) is 37.2 Å². The van der Waals surface area contributed by atoms with E-state index >= 15 is 0 Å². The molecule has 0 saturated heterocycles. The zero-order valence-corrected chi connectivity index (χ0v) is 8.88. The third-order valence-electron chi connectivity index (χ3n) is 2.01. The summed E-state index contributed by atoms with van der Waals surface area (Å²) >= 11 is 0. The van der Waals surface area contributed by atoms with E-state index in [9.17, 15) is 0 Å². The Morgan fingerprint density at radius 2 is 1.83 bits per heavy atom. The van der Waals surface area contributed by atoms with Gasteiger partial charge in [-0.3, -0.25) is 0 Å². The van der Waals surface area contributed by atoms with Crippen molar-refractivity contribution in [3.8, 4) is 0 Å². The summed E-state index contributed by atoms with van der Waals surface area (Å²) in [7, 11) is 4.20. The predicted molar refractivity (Wildman–Crippen MR) is 54.9 cm³/mol. The Morgan fingerprint density at radius 1 is 1.25 bits per heavy atom. The van der Waals surface area contributed by atoms with E-state index in [0.717, 1.165) is 19.0 Å². The van der Waals surface area contributed by atoms with Crippen molar-refractivity contribution in [2.24, 2.45) is 5.92 Å². The van der Waals surface area contributed by atoms with Crippen LogP contribution in [0.15, 0.2) is 12.7 Å². The quantitative estimate of drug-likeness (QED) is 0.444. The number of hydrogen-bond acceptors (Lipinski definition) is 2. The van der Waals surface area contributed by atoms with Gasteiger partial charge < -0.3 is 0 Å². The van der Waals surface area contributed by atoms with E-state index in [1.165, 1.54) is 6.42 Å². The first kappa shape index (κ1) is 11.7. The van der Waals surface area contributed by atoms with Gasteiger partial charge in [0.2, 0.25) is 0 Å². The highest BCUT2D eigenvalue weighted by atomic mass is 15.6. The van der Waals surface area contributed by atoms with Crippen LogP contribution < -0.4 is 0 Å². The van der Waals surface area contributed by atoms with E-state index in [1.807, 2.05) is 6.08 Å². The molecule has 0 fully saturated rings. The highest BCUT2D eigenvalue weighted by Crippen LogP contribution is 2.01. The second kappa shape index (κ2) is 6.21. The fourth-order valence-corrected chi connectivity index (χ4v) is 0.942. The van der Waals surface area contributed by atoms with Gasteiger partial charge >= 0.3 is 0 Å². The number of likely N-dealkylation sites (N-methyl/N-ethyl adjacent to an activating group) is 1. The third-order valence-corrected chi connectivity index (χ3v) is 2.01. The molecular formula is C10H22N2. The van der Waals surface area contributed by atoms with Crippen molar-refractivity contribution >= 4 is 0 Å². The van der Waals surface area contributed by atoms with Crippen LogP contribution in [0.4, 0.5) is 0 Å². The summed E-state index contributed by atoms with van der Waals surface area (Å²) in [6.45, 7) is 10.3. The van der Waals surface area contributed by atoms with Crippen molar-refractivity contribution in [3.05, 3.63) is 12.7 Å². The SMILES string of the molecule is C=CCN(C)N(C)CCC(C)C. The molecule has 72 valence electrons. The van der Waals surface area contributed by atoms with Gasteiger partial charge in [0, 0.05) is 27.2 Å². The van der Waals surface area contributed by atoms with E-state index in [-0.39, 0.29) is 0 Å². The Bertz CT molecular complexity index is 121. The number of nitrogens with zero attached hydrogens (tertiary/aromatic N) is 2. The summed E-state index contributed by atoms with van der Waals surface area (Å²) in [5, 5.41) is 4.41. The van der Waals surface area contributed by atoms with Crippen molar-refractivity contribution in [2.75, 3.05) is 27.2 Å². The first-order chi connectivity index (χ1) is 5.57. The molecule has 0 aliphatic carbocycles. The molecule has 12 heavy (non-hydrogen) atoms. The van der Waals surface area contributed by atoms with E-state index in [2.05, 4.69) is 44.5 Å². The molecule has 0 rings (SSSR count). The molecule has 0 aromatic carbocycles. The lowest BCUT2D eigenvalue weighted by molar-refractivity contribution is 0.0354.